The van der Waals surface area contributed by atoms with Crippen molar-refractivity contribution in [1.29, 1.82) is 5.26 Å². The maximum Gasteiger partial charge on any atom is 0.349 e. The number of methoxy groups -OCH3 is 1. The smallest absolute Gasteiger partial charge is 0.349 e. The van der Waals surface area contributed by atoms with Crippen molar-refractivity contribution < 1.29 is 19.1 Å². The molecule has 0 bridgehead atoms. The van der Waals surface area contributed by atoms with Crippen LogP contribution in [0.15, 0.2) is 42.1 Å². The third-order valence-corrected chi connectivity index (χ3v) is 3.66. The first-order valence-corrected chi connectivity index (χ1v) is 8.22. The molecule has 1 heterocycles. The van der Waals surface area contributed by atoms with Gasteiger partial charge < -0.3 is 14.8 Å². The Balaban J connectivity index is 1.96. The van der Waals surface area contributed by atoms with Gasteiger partial charge in [0, 0.05) is 6.20 Å². The lowest BCUT2D eigenvalue weighted by Crippen LogP contribution is -2.22. The molecule has 27 heavy (non-hydrogen) atoms. The molecule has 2 rings (SSSR count). The Labute approximate surface area is 165 Å². The zero-order valence-corrected chi connectivity index (χ0v) is 15.5. The van der Waals surface area contributed by atoms with Crippen LogP contribution in [0.4, 0.5) is 5.82 Å². The fourth-order valence-electron chi connectivity index (χ4n) is 1.89. The summed E-state index contributed by atoms with van der Waals surface area (Å²) in [4.78, 5) is 27.7. The van der Waals surface area contributed by atoms with E-state index < -0.39 is 18.5 Å². The fourth-order valence-corrected chi connectivity index (χ4v) is 2.31. The van der Waals surface area contributed by atoms with Gasteiger partial charge in [-0.15, -0.1) is 0 Å². The molecule has 2 aromatic rings. The summed E-state index contributed by atoms with van der Waals surface area (Å²) < 4.78 is 9.88. The van der Waals surface area contributed by atoms with Gasteiger partial charge in [-0.05, 0) is 29.8 Å². The van der Waals surface area contributed by atoms with Gasteiger partial charge in [0.2, 0.25) is 0 Å². The number of ether oxygens (including phenoxy) is 2. The van der Waals surface area contributed by atoms with E-state index in [1.54, 1.807) is 30.3 Å². The first-order valence-electron chi connectivity index (χ1n) is 7.47. The van der Waals surface area contributed by atoms with E-state index in [2.05, 4.69) is 10.3 Å². The normalized spacial score (nSPS) is 10.7. The van der Waals surface area contributed by atoms with E-state index in [0.717, 1.165) is 0 Å². The molecule has 1 aromatic heterocycles. The summed E-state index contributed by atoms with van der Waals surface area (Å²) in [6.07, 6.45) is 2.65. The van der Waals surface area contributed by atoms with Gasteiger partial charge in [-0.1, -0.05) is 35.3 Å². The van der Waals surface area contributed by atoms with E-state index in [-0.39, 0.29) is 16.4 Å². The Morgan fingerprint density at radius 3 is 2.59 bits per heavy atom. The molecule has 0 spiro atoms. The second kappa shape index (κ2) is 9.57. The van der Waals surface area contributed by atoms with Gasteiger partial charge in [-0.2, -0.15) is 5.26 Å². The third kappa shape index (κ3) is 5.99. The number of benzene rings is 1. The van der Waals surface area contributed by atoms with Crippen LogP contribution >= 0.6 is 23.2 Å². The highest BCUT2D eigenvalue weighted by Gasteiger charge is 2.14. The van der Waals surface area contributed by atoms with Crippen molar-refractivity contribution in [3.05, 3.63) is 57.7 Å². The lowest BCUT2D eigenvalue weighted by molar-refractivity contribution is -0.142. The lowest BCUT2D eigenvalue weighted by Gasteiger charge is -2.07. The summed E-state index contributed by atoms with van der Waals surface area (Å²) in [5, 5.41) is 12.0. The van der Waals surface area contributed by atoms with Crippen LogP contribution < -0.4 is 10.1 Å². The van der Waals surface area contributed by atoms with Crippen molar-refractivity contribution in [2.75, 3.05) is 19.0 Å². The number of halogens is 2. The van der Waals surface area contributed by atoms with Crippen LogP contribution in [0.2, 0.25) is 10.0 Å². The highest BCUT2D eigenvalue weighted by Crippen LogP contribution is 2.22. The van der Waals surface area contributed by atoms with Crippen molar-refractivity contribution >= 4 is 47.0 Å². The molecule has 0 radical (unpaired) electrons. The fraction of sp³-hybridized carbons (Fsp3) is 0.111. The largest absolute Gasteiger partial charge is 0.497 e. The molecule has 0 unspecified atom stereocenters. The predicted octanol–water partition coefficient (Wildman–Crippen LogP) is 3.49. The number of carbonyl (C=O) groups excluding carboxylic acids is 2. The lowest BCUT2D eigenvalue weighted by atomic mass is 10.1. The molecule has 0 aliphatic carbocycles. The third-order valence-electron chi connectivity index (χ3n) is 3.17. The van der Waals surface area contributed by atoms with Gasteiger partial charge in [0.25, 0.3) is 5.91 Å². The summed E-state index contributed by atoms with van der Waals surface area (Å²) in [6.45, 7) is -0.610. The number of nitrogens with one attached hydrogen (secondary N) is 1. The standard InChI is InChI=1S/C18H13Cl2N3O4/c1-26-14-4-2-11(3-5-14)6-12(8-21)18(25)27-10-16(24)23-17-15(20)7-13(19)9-22-17/h2-7,9H,10H2,1H3,(H,22,23,24)/b12-6+. The van der Waals surface area contributed by atoms with Gasteiger partial charge >= 0.3 is 5.97 Å². The van der Waals surface area contributed by atoms with Crippen LogP contribution in [0.25, 0.3) is 6.08 Å². The molecule has 9 heteroatoms. The average molecular weight is 406 g/mol. The summed E-state index contributed by atoms with van der Waals surface area (Å²) in [7, 11) is 1.53. The summed E-state index contributed by atoms with van der Waals surface area (Å²) in [6, 6.07) is 9.86. The molecule has 1 N–H and O–H groups in total. The topological polar surface area (TPSA) is 101 Å². The van der Waals surface area contributed by atoms with Crippen LogP contribution in [-0.4, -0.2) is 30.6 Å². The maximum atomic E-state index is 12.0. The zero-order valence-electron chi connectivity index (χ0n) is 14.0. The maximum absolute atomic E-state index is 12.0. The quantitative estimate of drug-likeness (QED) is 0.448. The number of pyridine rings is 1. The summed E-state index contributed by atoms with van der Waals surface area (Å²) in [5.41, 5.74) is 0.349. The minimum absolute atomic E-state index is 0.0800. The summed E-state index contributed by atoms with van der Waals surface area (Å²) in [5.74, 6) is -0.879. The Morgan fingerprint density at radius 1 is 1.30 bits per heavy atom. The van der Waals surface area contributed by atoms with E-state index in [9.17, 15) is 9.59 Å². The molecule has 7 nitrogen and oxygen atoms in total. The molecule has 0 saturated carbocycles. The van der Waals surface area contributed by atoms with Crippen molar-refractivity contribution in [2.24, 2.45) is 0 Å². The molecule has 138 valence electrons. The van der Waals surface area contributed by atoms with E-state index in [4.69, 9.17) is 37.9 Å². The molecule has 0 fully saturated rings. The number of esters is 1. The molecular formula is C18H13Cl2N3O4. The molecule has 0 aliphatic rings. The second-order valence-electron chi connectivity index (χ2n) is 5.05. The number of rotatable bonds is 6. The second-order valence-corrected chi connectivity index (χ2v) is 5.89. The number of hydrogen-bond acceptors (Lipinski definition) is 6. The SMILES string of the molecule is COc1ccc(/C=C(\C#N)C(=O)OCC(=O)Nc2ncc(Cl)cc2Cl)cc1. The highest BCUT2D eigenvalue weighted by molar-refractivity contribution is 6.36. The highest BCUT2D eigenvalue weighted by atomic mass is 35.5. The molecule has 0 atom stereocenters. The van der Waals surface area contributed by atoms with Gasteiger partial charge in [0.05, 0.1) is 17.2 Å². The molecule has 1 amide bonds. The number of nitriles is 1. The number of anilines is 1. The molecular weight excluding hydrogens is 393 g/mol. The summed E-state index contributed by atoms with van der Waals surface area (Å²) >= 11 is 11.6. The first kappa shape index (κ1) is 20.2. The van der Waals surface area contributed by atoms with Crippen LogP contribution in [0, 0.1) is 11.3 Å². The van der Waals surface area contributed by atoms with Gasteiger partial charge in [0.1, 0.15) is 17.4 Å². The van der Waals surface area contributed by atoms with Gasteiger partial charge in [-0.25, -0.2) is 9.78 Å². The zero-order chi connectivity index (χ0) is 19.8. The van der Waals surface area contributed by atoms with Crippen LogP contribution in [0.5, 0.6) is 5.75 Å². The number of amides is 1. The van der Waals surface area contributed by atoms with Gasteiger partial charge in [0.15, 0.2) is 12.4 Å². The average Bonchev–Trinajstić information content (AvgIpc) is 2.67. The number of hydrogen-bond donors (Lipinski definition) is 1. The van der Waals surface area contributed by atoms with Crippen molar-refractivity contribution in [1.82, 2.24) is 4.98 Å². The Morgan fingerprint density at radius 2 is 2.00 bits per heavy atom. The van der Waals surface area contributed by atoms with Crippen molar-refractivity contribution in [3.63, 3.8) is 0 Å². The minimum atomic E-state index is -0.932. The van der Waals surface area contributed by atoms with Gasteiger partial charge in [-0.3, -0.25) is 4.79 Å². The van der Waals surface area contributed by atoms with Crippen molar-refractivity contribution in [2.45, 2.75) is 0 Å². The Bertz CT molecular complexity index is 921. The van der Waals surface area contributed by atoms with Crippen molar-refractivity contribution in [3.8, 4) is 11.8 Å². The van der Waals surface area contributed by atoms with E-state index in [1.807, 2.05) is 0 Å². The first-order chi connectivity index (χ1) is 12.9. The predicted molar refractivity (Wildman–Crippen MR) is 100 cm³/mol. The molecule has 1 aromatic carbocycles. The monoisotopic (exact) mass is 405 g/mol. The number of nitrogens with zero attached hydrogens (tertiary/aromatic N) is 2. The van der Waals surface area contributed by atoms with Crippen LogP contribution in [-0.2, 0) is 14.3 Å². The van der Waals surface area contributed by atoms with Crippen LogP contribution in [0.3, 0.4) is 0 Å². The van der Waals surface area contributed by atoms with E-state index in [0.29, 0.717) is 16.3 Å². The number of aromatic nitrogens is 1. The van der Waals surface area contributed by atoms with E-state index >= 15 is 0 Å². The van der Waals surface area contributed by atoms with E-state index in [1.165, 1.54) is 25.4 Å². The molecule has 0 aliphatic heterocycles. The Kier molecular flexibility index (Phi) is 7.17. The van der Waals surface area contributed by atoms with Crippen LogP contribution in [0.1, 0.15) is 5.56 Å². The Hall–Kier alpha value is -3.08. The minimum Gasteiger partial charge on any atom is -0.497 e. The molecule has 0 saturated heterocycles. The number of carbonyl (C=O) groups is 2.